The first kappa shape index (κ1) is 22.4. The van der Waals surface area contributed by atoms with Gasteiger partial charge in [0.25, 0.3) is 0 Å². The van der Waals surface area contributed by atoms with Crippen molar-refractivity contribution in [1.29, 1.82) is 0 Å². The third-order valence-corrected chi connectivity index (χ3v) is 5.09. The second-order valence-electron chi connectivity index (χ2n) is 7.69. The van der Waals surface area contributed by atoms with Gasteiger partial charge in [-0.1, -0.05) is 38.1 Å². The summed E-state index contributed by atoms with van der Waals surface area (Å²) in [7, 11) is 1.65. The maximum atomic E-state index is 11.9. The zero-order valence-corrected chi connectivity index (χ0v) is 18.6. The molecule has 0 atom stereocenters. The van der Waals surface area contributed by atoms with Crippen molar-refractivity contribution in [3.63, 3.8) is 0 Å². The molecule has 1 aromatic heterocycles. The molecule has 0 saturated heterocycles. The molecule has 3 aromatic rings. The van der Waals surface area contributed by atoms with Gasteiger partial charge in [0, 0.05) is 18.9 Å². The van der Waals surface area contributed by atoms with Gasteiger partial charge in [0.2, 0.25) is 5.91 Å². The van der Waals surface area contributed by atoms with Gasteiger partial charge in [-0.05, 0) is 36.2 Å². The molecule has 0 bridgehead atoms. The highest BCUT2D eigenvalue weighted by atomic mass is 16.5. The fraction of sp³-hybridized carbons (Fsp3) is 0.360. The number of fused-ring (bicyclic) bond motifs is 1. The van der Waals surface area contributed by atoms with Crippen molar-refractivity contribution in [1.82, 2.24) is 14.9 Å². The Morgan fingerprint density at radius 2 is 2.03 bits per heavy atom. The van der Waals surface area contributed by atoms with Crippen LogP contribution < -0.4 is 14.8 Å². The van der Waals surface area contributed by atoms with E-state index in [9.17, 15) is 4.79 Å². The van der Waals surface area contributed by atoms with Crippen LogP contribution in [0.3, 0.4) is 0 Å². The van der Waals surface area contributed by atoms with Crippen LogP contribution in [0.4, 0.5) is 0 Å². The summed E-state index contributed by atoms with van der Waals surface area (Å²) in [6, 6.07) is 14.0. The van der Waals surface area contributed by atoms with Gasteiger partial charge in [-0.2, -0.15) is 0 Å². The van der Waals surface area contributed by atoms with Crippen molar-refractivity contribution in [2.24, 2.45) is 5.92 Å². The van der Waals surface area contributed by atoms with E-state index < -0.39 is 0 Å². The molecule has 0 aliphatic heterocycles. The monoisotopic (exact) mass is 421 g/mol. The first-order valence-electron chi connectivity index (χ1n) is 10.7. The minimum Gasteiger partial charge on any atom is -0.493 e. The summed E-state index contributed by atoms with van der Waals surface area (Å²) in [5, 5.41) is 2.97. The van der Waals surface area contributed by atoms with Gasteiger partial charge in [0.15, 0.2) is 11.5 Å². The van der Waals surface area contributed by atoms with E-state index in [1.54, 1.807) is 7.11 Å². The highest BCUT2D eigenvalue weighted by Crippen LogP contribution is 2.28. The number of para-hydroxylation sites is 2. The van der Waals surface area contributed by atoms with Crippen molar-refractivity contribution in [3.05, 3.63) is 66.5 Å². The van der Waals surface area contributed by atoms with E-state index in [4.69, 9.17) is 14.5 Å². The lowest BCUT2D eigenvalue weighted by Gasteiger charge is -2.14. The van der Waals surface area contributed by atoms with Crippen molar-refractivity contribution < 1.29 is 14.3 Å². The molecular formula is C25H31N3O3. The molecule has 3 rings (SSSR count). The third-order valence-electron chi connectivity index (χ3n) is 5.09. The van der Waals surface area contributed by atoms with Crippen molar-refractivity contribution in [3.8, 4) is 11.5 Å². The highest BCUT2D eigenvalue weighted by Gasteiger charge is 2.13. The number of benzene rings is 2. The molecule has 0 aliphatic rings. The zero-order valence-electron chi connectivity index (χ0n) is 18.6. The Hall–Kier alpha value is -3.28. The standard InChI is InChI=1S/C25H31N3O3/c1-5-8-19-11-12-22(23(17-19)30-4)31-16-15-28-21-10-7-6-9-20(21)27-24(28)13-14-26-25(29)18(2)3/h5-7,9-12,17-18H,1,8,13-16H2,2-4H3,(H,26,29). The molecule has 2 aromatic carbocycles. The predicted octanol–water partition coefficient (Wildman–Crippen LogP) is 4.17. The molecule has 0 fully saturated rings. The quantitative estimate of drug-likeness (QED) is 0.472. The lowest BCUT2D eigenvalue weighted by molar-refractivity contribution is -0.123. The Balaban J connectivity index is 1.70. The SMILES string of the molecule is C=CCc1ccc(OCCn2c(CCNC(=O)C(C)C)nc3ccccc32)c(OC)c1. The minimum absolute atomic E-state index is 0.0277. The molecule has 0 aliphatic carbocycles. The number of imidazole rings is 1. The molecule has 164 valence electrons. The molecule has 6 heteroatoms. The van der Waals surface area contributed by atoms with Crippen LogP contribution in [-0.2, 0) is 24.2 Å². The fourth-order valence-electron chi connectivity index (χ4n) is 3.44. The van der Waals surface area contributed by atoms with Gasteiger partial charge < -0.3 is 19.4 Å². The van der Waals surface area contributed by atoms with Crippen LogP contribution >= 0.6 is 0 Å². The van der Waals surface area contributed by atoms with Gasteiger partial charge in [-0.15, -0.1) is 6.58 Å². The number of hydrogen-bond donors (Lipinski definition) is 1. The van der Waals surface area contributed by atoms with E-state index in [1.807, 2.05) is 56.3 Å². The molecule has 0 spiro atoms. The Morgan fingerprint density at radius 1 is 1.23 bits per heavy atom. The van der Waals surface area contributed by atoms with Crippen LogP contribution in [0.1, 0.15) is 25.2 Å². The summed E-state index contributed by atoms with van der Waals surface area (Å²) < 4.78 is 13.7. The molecule has 0 saturated carbocycles. The predicted molar refractivity (Wildman–Crippen MR) is 124 cm³/mol. The van der Waals surface area contributed by atoms with E-state index in [2.05, 4.69) is 22.5 Å². The molecule has 31 heavy (non-hydrogen) atoms. The van der Waals surface area contributed by atoms with Gasteiger partial charge in [0.1, 0.15) is 12.4 Å². The van der Waals surface area contributed by atoms with Gasteiger partial charge in [0.05, 0.1) is 24.7 Å². The average molecular weight is 422 g/mol. The number of rotatable bonds is 11. The smallest absolute Gasteiger partial charge is 0.222 e. The normalized spacial score (nSPS) is 11.0. The summed E-state index contributed by atoms with van der Waals surface area (Å²) in [4.78, 5) is 16.6. The summed E-state index contributed by atoms with van der Waals surface area (Å²) >= 11 is 0. The summed E-state index contributed by atoms with van der Waals surface area (Å²) in [6.45, 7) is 9.23. The number of ether oxygens (including phenoxy) is 2. The van der Waals surface area contributed by atoms with Crippen LogP contribution in [0, 0.1) is 5.92 Å². The van der Waals surface area contributed by atoms with E-state index in [1.165, 1.54) is 0 Å². The van der Waals surface area contributed by atoms with Gasteiger partial charge in [-0.25, -0.2) is 4.98 Å². The lowest BCUT2D eigenvalue weighted by atomic mass is 10.1. The highest BCUT2D eigenvalue weighted by molar-refractivity contribution is 5.78. The summed E-state index contributed by atoms with van der Waals surface area (Å²) in [5.74, 6) is 2.39. The third kappa shape index (κ3) is 5.66. The van der Waals surface area contributed by atoms with Crippen LogP contribution in [0.5, 0.6) is 11.5 Å². The van der Waals surface area contributed by atoms with Crippen molar-refractivity contribution in [2.75, 3.05) is 20.3 Å². The van der Waals surface area contributed by atoms with Crippen molar-refractivity contribution >= 4 is 16.9 Å². The molecular weight excluding hydrogens is 390 g/mol. The van der Waals surface area contributed by atoms with Crippen LogP contribution in [-0.4, -0.2) is 35.7 Å². The van der Waals surface area contributed by atoms with E-state index in [-0.39, 0.29) is 11.8 Å². The van der Waals surface area contributed by atoms with E-state index in [0.29, 0.717) is 37.6 Å². The fourth-order valence-corrected chi connectivity index (χ4v) is 3.44. The molecule has 6 nitrogen and oxygen atoms in total. The Morgan fingerprint density at radius 3 is 2.77 bits per heavy atom. The lowest BCUT2D eigenvalue weighted by Crippen LogP contribution is -2.30. The topological polar surface area (TPSA) is 65.4 Å². The largest absolute Gasteiger partial charge is 0.493 e. The van der Waals surface area contributed by atoms with Crippen molar-refractivity contribution in [2.45, 2.75) is 33.2 Å². The molecule has 1 amide bonds. The number of hydrogen-bond acceptors (Lipinski definition) is 4. The van der Waals surface area contributed by atoms with Gasteiger partial charge >= 0.3 is 0 Å². The molecule has 1 N–H and O–H groups in total. The first-order valence-corrected chi connectivity index (χ1v) is 10.7. The molecule has 0 radical (unpaired) electrons. The summed E-state index contributed by atoms with van der Waals surface area (Å²) in [6.07, 6.45) is 3.31. The van der Waals surface area contributed by atoms with E-state index in [0.717, 1.165) is 28.8 Å². The Labute approximate surface area is 183 Å². The maximum absolute atomic E-state index is 11.9. The number of nitrogens with zero attached hydrogens (tertiary/aromatic N) is 2. The first-order chi connectivity index (χ1) is 15.0. The second kappa shape index (κ2) is 10.7. The van der Waals surface area contributed by atoms with Crippen LogP contribution in [0.25, 0.3) is 11.0 Å². The Bertz CT molecular complexity index is 1040. The molecule has 0 unspecified atom stereocenters. The Kier molecular flexibility index (Phi) is 7.70. The number of amides is 1. The number of carbonyl (C=O) groups is 1. The number of allylic oxidation sites excluding steroid dienone is 1. The summed E-state index contributed by atoms with van der Waals surface area (Å²) in [5.41, 5.74) is 3.13. The number of methoxy groups -OCH3 is 1. The number of nitrogens with one attached hydrogen (secondary N) is 1. The zero-order chi connectivity index (χ0) is 22.2. The average Bonchev–Trinajstić information content (AvgIpc) is 3.12. The van der Waals surface area contributed by atoms with Crippen LogP contribution in [0.2, 0.25) is 0 Å². The van der Waals surface area contributed by atoms with Gasteiger partial charge in [-0.3, -0.25) is 4.79 Å². The molecule has 1 heterocycles. The maximum Gasteiger partial charge on any atom is 0.222 e. The second-order valence-corrected chi connectivity index (χ2v) is 7.69. The number of aromatic nitrogens is 2. The minimum atomic E-state index is -0.0277. The van der Waals surface area contributed by atoms with E-state index >= 15 is 0 Å². The number of carbonyl (C=O) groups excluding carboxylic acids is 1. The van der Waals surface area contributed by atoms with Crippen LogP contribution in [0.15, 0.2) is 55.1 Å².